The third kappa shape index (κ3) is 2.69. The molecule has 1 saturated heterocycles. The molecule has 1 aliphatic heterocycles. The average molecular weight is 299 g/mol. The van der Waals surface area contributed by atoms with E-state index in [-0.39, 0.29) is 11.8 Å². The Balaban J connectivity index is 1.69. The summed E-state index contributed by atoms with van der Waals surface area (Å²) >= 11 is 0. The second-order valence-corrected chi connectivity index (χ2v) is 5.34. The third-order valence-corrected chi connectivity index (χ3v) is 3.63. The van der Waals surface area contributed by atoms with Crippen molar-refractivity contribution in [3.8, 4) is 0 Å². The second-order valence-electron chi connectivity index (χ2n) is 5.34. The van der Waals surface area contributed by atoms with Crippen molar-refractivity contribution in [3.05, 3.63) is 42.0 Å². The maximum atomic E-state index is 12.4. The zero-order chi connectivity index (χ0) is 15.7. The van der Waals surface area contributed by atoms with Crippen LogP contribution in [0.4, 0.5) is 5.69 Å². The quantitative estimate of drug-likeness (QED) is 0.903. The van der Waals surface area contributed by atoms with Gasteiger partial charge in [0.2, 0.25) is 5.91 Å². The minimum atomic E-state index is -0.519. The molecule has 0 spiro atoms. The van der Waals surface area contributed by atoms with Gasteiger partial charge in [0, 0.05) is 25.5 Å². The van der Waals surface area contributed by atoms with Gasteiger partial charge in [0.25, 0.3) is 5.91 Å². The molecule has 0 bridgehead atoms. The van der Waals surface area contributed by atoms with Crippen molar-refractivity contribution in [1.29, 1.82) is 0 Å². The van der Waals surface area contributed by atoms with Crippen LogP contribution >= 0.6 is 0 Å². The molecule has 3 rings (SSSR count). The van der Waals surface area contributed by atoms with Crippen molar-refractivity contribution in [1.82, 2.24) is 20.1 Å². The fourth-order valence-corrected chi connectivity index (χ4v) is 2.52. The Hall–Kier alpha value is -2.70. The molecular weight excluding hydrogens is 282 g/mol. The van der Waals surface area contributed by atoms with Gasteiger partial charge >= 0.3 is 0 Å². The molecule has 1 N–H and O–H groups in total. The Morgan fingerprint density at radius 2 is 2.23 bits per heavy atom. The summed E-state index contributed by atoms with van der Waals surface area (Å²) in [7, 11) is 1.80. The van der Waals surface area contributed by atoms with Gasteiger partial charge in [-0.05, 0) is 25.5 Å². The number of rotatable bonds is 3. The van der Waals surface area contributed by atoms with E-state index >= 15 is 0 Å². The maximum absolute atomic E-state index is 12.4. The minimum absolute atomic E-state index is 0.117. The zero-order valence-corrected chi connectivity index (χ0v) is 12.5. The number of pyridine rings is 1. The predicted molar refractivity (Wildman–Crippen MR) is 80.4 cm³/mol. The maximum Gasteiger partial charge on any atom is 0.270 e. The molecule has 114 valence electrons. The number of carbonyl (C=O) groups excluding carboxylic acids is 2. The highest BCUT2D eigenvalue weighted by molar-refractivity contribution is 6.03. The predicted octanol–water partition coefficient (Wildman–Crippen LogP) is 0.659. The van der Waals surface area contributed by atoms with Crippen LogP contribution in [0, 0.1) is 6.92 Å². The fourth-order valence-electron chi connectivity index (χ4n) is 2.52. The first kappa shape index (κ1) is 14.2. The molecule has 1 atom stereocenters. The number of carbonyl (C=O) groups is 2. The molecule has 1 fully saturated rings. The van der Waals surface area contributed by atoms with Gasteiger partial charge in [0.1, 0.15) is 11.7 Å². The summed E-state index contributed by atoms with van der Waals surface area (Å²) in [6, 6.07) is 4.72. The van der Waals surface area contributed by atoms with Gasteiger partial charge in [-0.1, -0.05) is 6.07 Å². The van der Waals surface area contributed by atoms with Crippen molar-refractivity contribution in [2.75, 3.05) is 11.4 Å². The van der Waals surface area contributed by atoms with Crippen LogP contribution < -0.4 is 10.2 Å². The van der Waals surface area contributed by atoms with Crippen LogP contribution in [0.3, 0.4) is 0 Å². The van der Waals surface area contributed by atoms with Crippen LogP contribution in [-0.4, -0.2) is 39.2 Å². The molecule has 1 aliphatic rings. The molecule has 0 aromatic carbocycles. The molecule has 7 heteroatoms. The van der Waals surface area contributed by atoms with E-state index in [0.29, 0.717) is 18.7 Å². The molecular formula is C15H17N5O2. The number of amides is 2. The van der Waals surface area contributed by atoms with E-state index < -0.39 is 6.04 Å². The van der Waals surface area contributed by atoms with Gasteiger partial charge in [-0.2, -0.15) is 5.10 Å². The number of hydrogen-bond donors (Lipinski definition) is 1. The van der Waals surface area contributed by atoms with Gasteiger partial charge < -0.3 is 10.2 Å². The standard InChI is InChI=1S/C15H17N5O2/c1-10-4-3-5-12(17-10)14(21)18-13-6-7-20(15(13)22)11-8-16-19(2)9-11/h3-5,8-9,13H,6-7H2,1-2H3,(H,18,21)/t13-/m1/s1. The summed E-state index contributed by atoms with van der Waals surface area (Å²) in [6.45, 7) is 2.39. The number of anilines is 1. The van der Waals surface area contributed by atoms with Crippen LogP contribution in [0.5, 0.6) is 0 Å². The monoisotopic (exact) mass is 299 g/mol. The number of aryl methyl sites for hydroxylation is 2. The SMILES string of the molecule is Cc1cccc(C(=O)N[C@@H]2CCN(c3cnn(C)c3)C2=O)n1. The summed E-state index contributed by atoms with van der Waals surface area (Å²) < 4.78 is 1.64. The van der Waals surface area contributed by atoms with E-state index in [1.54, 1.807) is 41.2 Å². The summed E-state index contributed by atoms with van der Waals surface area (Å²) in [5, 5.41) is 6.82. The van der Waals surface area contributed by atoms with Crippen LogP contribution in [0.15, 0.2) is 30.6 Å². The Morgan fingerprint density at radius 1 is 1.41 bits per heavy atom. The molecule has 7 nitrogen and oxygen atoms in total. The number of nitrogens with one attached hydrogen (secondary N) is 1. The largest absolute Gasteiger partial charge is 0.339 e. The summed E-state index contributed by atoms with van der Waals surface area (Å²) in [4.78, 5) is 30.4. The summed E-state index contributed by atoms with van der Waals surface area (Å²) in [5.41, 5.74) is 1.84. The Kier molecular flexibility index (Phi) is 3.62. The first-order valence-electron chi connectivity index (χ1n) is 7.09. The Labute approximate surface area is 127 Å². The van der Waals surface area contributed by atoms with Crippen molar-refractivity contribution in [2.24, 2.45) is 7.05 Å². The molecule has 0 saturated carbocycles. The van der Waals surface area contributed by atoms with E-state index in [1.807, 2.05) is 13.0 Å². The Bertz CT molecular complexity index is 724. The molecule has 2 aromatic rings. The van der Waals surface area contributed by atoms with E-state index in [2.05, 4.69) is 15.4 Å². The van der Waals surface area contributed by atoms with Crippen molar-refractivity contribution in [3.63, 3.8) is 0 Å². The van der Waals surface area contributed by atoms with Gasteiger partial charge in [0.05, 0.1) is 11.9 Å². The van der Waals surface area contributed by atoms with Crippen LogP contribution in [0.2, 0.25) is 0 Å². The van der Waals surface area contributed by atoms with Gasteiger partial charge in [-0.15, -0.1) is 0 Å². The fraction of sp³-hybridized carbons (Fsp3) is 0.333. The Morgan fingerprint density at radius 3 is 2.91 bits per heavy atom. The summed E-state index contributed by atoms with van der Waals surface area (Å²) in [5.74, 6) is -0.441. The highest BCUT2D eigenvalue weighted by atomic mass is 16.2. The van der Waals surface area contributed by atoms with Crippen LogP contribution in [0.25, 0.3) is 0 Å². The molecule has 0 radical (unpaired) electrons. The molecule has 0 unspecified atom stereocenters. The first-order valence-corrected chi connectivity index (χ1v) is 7.09. The number of aromatic nitrogens is 3. The van der Waals surface area contributed by atoms with Gasteiger partial charge in [0.15, 0.2) is 0 Å². The van der Waals surface area contributed by atoms with Crippen molar-refractivity contribution < 1.29 is 9.59 Å². The average Bonchev–Trinajstić information content (AvgIpc) is 3.06. The lowest BCUT2D eigenvalue weighted by molar-refractivity contribution is -0.118. The first-order chi connectivity index (χ1) is 10.5. The second kappa shape index (κ2) is 5.59. The number of nitrogens with zero attached hydrogens (tertiary/aromatic N) is 4. The minimum Gasteiger partial charge on any atom is -0.339 e. The van der Waals surface area contributed by atoms with E-state index in [1.165, 1.54) is 0 Å². The highest BCUT2D eigenvalue weighted by Crippen LogP contribution is 2.20. The molecule has 2 aromatic heterocycles. The smallest absolute Gasteiger partial charge is 0.270 e. The van der Waals surface area contributed by atoms with Crippen molar-refractivity contribution in [2.45, 2.75) is 19.4 Å². The molecule has 22 heavy (non-hydrogen) atoms. The summed E-state index contributed by atoms with van der Waals surface area (Å²) in [6.07, 6.45) is 4.00. The number of hydrogen-bond acceptors (Lipinski definition) is 4. The lowest BCUT2D eigenvalue weighted by Gasteiger charge is -2.15. The highest BCUT2D eigenvalue weighted by Gasteiger charge is 2.34. The lowest BCUT2D eigenvalue weighted by atomic mass is 10.2. The van der Waals surface area contributed by atoms with Crippen molar-refractivity contribution >= 4 is 17.5 Å². The van der Waals surface area contributed by atoms with Crippen LogP contribution in [-0.2, 0) is 11.8 Å². The van der Waals surface area contributed by atoms with E-state index in [0.717, 1.165) is 11.4 Å². The van der Waals surface area contributed by atoms with Gasteiger partial charge in [-0.3, -0.25) is 14.3 Å². The topological polar surface area (TPSA) is 80.1 Å². The zero-order valence-electron chi connectivity index (χ0n) is 12.5. The molecule has 2 amide bonds. The molecule has 0 aliphatic carbocycles. The van der Waals surface area contributed by atoms with E-state index in [4.69, 9.17) is 0 Å². The normalized spacial score (nSPS) is 17.8. The van der Waals surface area contributed by atoms with Gasteiger partial charge in [-0.25, -0.2) is 4.98 Å². The van der Waals surface area contributed by atoms with Crippen LogP contribution in [0.1, 0.15) is 22.6 Å². The third-order valence-electron chi connectivity index (χ3n) is 3.63. The molecule has 3 heterocycles. The lowest BCUT2D eigenvalue weighted by Crippen LogP contribution is -2.41. The van der Waals surface area contributed by atoms with E-state index in [9.17, 15) is 9.59 Å².